The van der Waals surface area contributed by atoms with Crippen LogP contribution in [0.15, 0.2) is 35.5 Å². The Hall–Kier alpha value is -1.28. The minimum atomic E-state index is -5.83. The summed E-state index contributed by atoms with van der Waals surface area (Å²) in [6.45, 7) is 8.44. The molecule has 8 heteroatoms. The van der Waals surface area contributed by atoms with Gasteiger partial charge in [-0.05, 0) is 100 Å². The number of aliphatic hydroxyl groups is 2. The van der Waals surface area contributed by atoms with Gasteiger partial charge >= 0.3 is 12.4 Å². The maximum absolute atomic E-state index is 13.0. The van der Waals surface area contributed by atoms with E-state index >= 15 is 0 Å². The molecule has 0 aromatic rings. The van der Waals surface area contributed by atoms with Gasteiger partial charge in [0, 0.05) is 0 Å². The van der Waals surface area contributed by atoms with Gasteiger partial charge in [0.2, 0.25) is 0 Å². The minimum Gasteiger partial charge on any atom is -0.393 e. The molecule has 0 aromatic carbocycles. The summed E-state index contributed by atoms with van der Waals surface area (Å²) in [5.74, 6) is 0.162. The summed E-state index contributed by atoms with van der Waals surface area (Å²) in [6, 6.07) is 0. The summed E-state index contributed by atoms with van der Waals surface area (Å²) >= 11 is 0. The lowest BCUT2D eigenvalue weighted by molar-refractivity contribution is -0.347. The molecule has 37 heavy (non-hydrogen) atoms. The second kappa shape index (κ2) is 12.3. The zero-order valence-electron chi connectivity index (χ0n) is 22.6. The van der Waals surface area contributed by atoms with E-state index in [0.29, 0.717) is 0 Å². The van der Waals surface area contributed by atoms with Crippen molar-refractivity contribution in [1.29, 1.82) is 0 Å². The Morgan fingerprint density at radius 3 is 2.24 bits per heavy atom. The lowest BCUT2D eigenvalue weighted by Gasteiger charge is -2.41. The van der Waals surface area contributed by atoms with Crippen LogP contribution in [0.25, 0.3) is 0 Å². The Morgan fingerprint density at radius 1 is 1.11 bits per heavy atom. The molecule has 0 bridgehead atoms. The highest BCUT2D eigenvalue weighted by Gasteiger charge is 2.69. The van der Waals surface area contributed by atoms with E-state index in [9.17, 15) is 36.6 Å². The highest BCUT2D eigenvalue weighted by molar-refractivity contribution is 5.19. The smallest absolute Gasteiger partial charge is 0.393 e. The van der Waals surface area contributed by atoms with E-state index in [1.807, 2.05) is 6.92 Å². The molecule has 2 N–H and O–H groups in total. The number of hydrogen-bond donors (Lipinski definition) is 2. The minimum absolute atomic E-state index is 0.0912. The van der Waals surface area contributed by atoms with E-state index in [-0.39, 0.29) is 35.3 Å². The quantitative estimate of drug-likeness (QED) is 0.192. The number of allylic oxidation sites excluding steroid dienone is 4. The summed E-state index contributed by atoms with van der Waals surface area (Å²) in [6.07, 6.45) is 2.85. The average Bonchev–Trinajstić information content (AvgIpc) is 3.54. The summed E-state index contributed by atoms with van der Waals surface area (Å²) in [7, 11) is 0. The third-order valence-electron chi connectivity index (χ3n) is 8.43. The van der Waals surface area contributed by atoms with Gasteiger partial charge in [-0.25, -0.2) is 0 Å². The number of aliphatic hydroxyl groups excluding tert-OH is 1. The second-order valence-corrected chi connectivity index (χ2v) is 12.0. The summed E-state index contributed by atoms with van der Waals surface area (Å²) in [5, 5.41) is 19.3. The van der Waals surface area contributed by atoms with Gasteiger partial charge in [-0.3, -0.25) is 0 Å². The van der Waals surface area contributed by atoms with Crippen LogP contribution in [0.4, 0.5) is 26.3 Å². The lowest BCUT2D eigenvalue weighted by atomic mass is 9.64. The molecule has 0 spiro atoms. The number of halogens is 6. The average molecular weight is 539 g/mol. The Kier molecular flexibility index (Phi) is 10.6. The molecule has 0 amide bonds. The lowest BCUT2D eigenvalue weighted by Crippen LogP contribution is -2.55. The van der Waals surface area contributed by atoms with Crippen LogP contribution in [0.3, 0.4) is 0 Å². The SMILES string of the molecule is CCCC(C(C)(C)CCC/C(C)=C\C=C1\CCCC(O)C1)C1(C/C=C\C(O)(C(F)(F)F)C(F)(F)F)CC1. The van der Waals surface area contributed by atoms with Crippen LogP contribution in [0, 0.1) is 16.7 Å². The molecule has 2 nitrogen and oxygen atoms in total. The predicted molar refractivity (Wildman–Crippen MR) is 135 cm³/mol. The van der Waals surface area contributed by atoms with Crippen LogP contribution in [-0.4, -0.2) is 34.3 Å². The fraction of sp³-hybridized carbons (Fsp3) is 0.793. The molecular weight excluding hydrogens is 494 g/mol. The largest absolute Gasteiger partial charge is 0.429 e. The Labute approximate surface area is 217 Å². The van der Waals surface area contributed by atoms with E-state index in [1.54, 1.807) is 0 Å². The van der Waals surface area contributed by atoms with Crippen molar-refractivity contribution in [2.75, 3.05) is 0 Å². The Bertz CT molecular complexity index is 816. The molecule has 2 atom stereocenters. The summed E-state index contributed by atoms with van der Waals surface area (Å²) < 4.78 is 78.3. The number of alkyl halides is 6. The number of hydrogen-bond acceptors (Lipinski definition) is 2. The standard InChI is InChI=1S/C29H44F6O2/c1-5-9-24(26(18-19-26)16-8-17-27(37,28(30,31)32)29(33,34)35)25(3,4)15-7-10-21(2)13-14-22-11-6-12-23(36)20-22/h8,13-14,17,23-24,36-37H,5-7,9-12,15-16,18-20H2,1-4H3/b17-8-,21-13-,22-14-. The van der Waals surface area contributed by atoms with E-state index in [0.717, 1.165) is 76.7 Å². The third kappa shape index (κ3) is 8.35. The van der Waals surface area contributed by atoms with E-state index in [4.69, 9.17) is 0 Å². The van der Waals surface area contributed by atoms with E-state index < -0.39 is 18.0 Å². The highest BCUT2D eigenvalue weighted by atomic mass is 19.4. The zero-order chi connectivity index (χ0) is 28.1. The molecule has 2 unspecified atom stereocenters. The number of rotatable bonds is 12. The monoisotopic (exact) mass is 538 g/mol. The van der Waals surface area contributed by atoms with Gasteiger partial charge in [-0.2, -0.15) is 26.3 Å². The molecule has 2 aliphatic carbocycles. The van der Waals surface area contributed by atoms with Crippen molar-refractivity contribution in [1.82, 2.24) is 0 Å². The molecule has 0 heterocycles. The second-order valence-electron chi connectivity index (χ2n) is 12.0. The maximum Gasteiger partial charge on any atom is 0.429 e. The first-order chi connectivity index (χ1) is 17.0. The van der Waals surface area contributed by atoms with Crippen molar-refractivity contribution in [3.05, 3.63) is 35.5 Å². The van der Waals surface area contributed by atoms with Crippen molar-refractivity contribution in [2.45, 2.75) is 129 Å². The topological polar surface area (TPSA) is 40.5 Å². The van der Waals surface area contributed by atoms with Gasteiger partial charge in [0.05, 0.1) is 6.10 Å². The maximum atomic E-state index is 13.0. The summed E-state index contributed by atoms with van der Waals surface area (Å²) in [5.41, 5.74) is -2.77. The first-order valence-corrected chi connectivity index (χ1v) is 13.5. The molecule has 214 valence electrons. The van der Waals surface area contributed by atoms with Crippen molar-refractivity contribution in [3.63, 3.8) is 0 Å². The van der Waals surface area contributed by atoms with Crippen molar-refractivity contribution in [3.8, 4) is 0 Å². The molecule has 2 saturated carbocycles. The molecular formula is C29H44F6O2. The molecule has 0 aliphatic heterocycles. The van der Waals surface area contributed by atoms with Crippen LogP contribution in [0.1, 0.15) is 105 Å². The van der Waals surface area contributed by atoms with Crippen LogP contribution >= 0.6 is 0 Å². The molecule has 0 aromatic heterocycles. The fourth-order valence-electron chi connectivity index (χ4n) is 6.05. The molecule has 2 aliphatic rings. The van der Waals surface area contributed by atoms with Crippen LogP contribution in [0.2, 0.25) is 0 Å². The van der Waals surface area contributed by atoms with Crippen molar-refractivity contribution < 1.29 is 36.6 Å². The first-order valence-electron chi connectivity index (χ1n) is 13.5. The van der Waals surface area contributed by atoms with Crippen molar-refractivity contribution in [2.24, 2.45) is 16.7 Å². The summed E-state index contributed by atoms with van der Waals surface area (Å²) in [4.78, 5) is 0. The molecule has 2 rings (SSSR count). The van der Waals surface area contributed by atoms with Gasteiger partial charge in [-0.1, -0.05) is 56.6 Å². The molecule has 0 saturated heterocycles. The Morgan fingerprint density at radius 2 is 1.73 bits per heavy atom. The van der Waals surface area contributed by atoms with Crippen LogP contribution in [-0.2, 0) is 0 Å². The van der Waals surface area contributed by atoms with Crippen LogP contribution in [0.5, 0.6) is 0 Å². The predicted octanol–water partition coefficient (Wildman–Crippen LogP) is 8.99. The van der Waals surface area contributed by atoms with Gasteiger partial charge in [-0.15, -0.1) is 0 Å². The third-order valence-corrected chi connectivity index (χ3v) is 8.43. The molecule has 0 radical (unpaired) electrons. The molecule has 2 fully saturated rings. The van der Waals surface area contributed by atoms with Gasteiger partial charge in [0.25, 0.3) is 5.60 Å². The van der Waals surface area contributed by atoms with Crippen LogP contribution < -0.4 is 0 Å². The van der Waals surface area contributed by atoms with Gasteiger partial charge in [0.1, 0.15) is 0 Å². The van der Waals surface area contributed by atoms with E-state index in [2.05, 4.69) is 32.9 Å². The van der Waals surface area contributed by atoms with E-state index in [1.165, 1.54) is 11.1 Å². The first kappa shape index (κ1) is 31.9. The van der Waals surface area contributed by atoms with Crippen molar-refractivity contribution >= 4 is 0 Å². The highest BCUT2D eigenvalue weighted by Crippen LogP contribution is 2.62. The van der Waals surface area contributed by atoms with Gasteiger partial charge in [0.15, 0.2) is 0 Å². The normalized spacial score (nSPS) is 23.6. The Balaban J connectivity index is 2.04. The fourth-order valence-corrected chi connectivity index (χ4v) is 6.05. The zero-order valence-corrected chi connectivity index (χ0v) is 22.6. The van der Waals surface area contributed by atoms with Gasteiger partial charge < -0.3 is 10.2 Å².